The zero-order chi connectivity index (χ0) is 52.7. The molecule has 0 spiro atoms. The fourth-order valence-corrected chi connectivity index (χ4v) is 6.82. The number of aliphatic hydroxyl groups excluding tert-OH is 1. The van der Waals surface area contributed by atoms with E-state index in [1.54, 1.807) is 0 Å². The molecule has 0 bridgehead atoms. The van der Waals surface area contributed by atoms with Gasteiger partial charge in [0.15, 0.2) is 6.10 Å². The molecule has 0 radical (unpaired) electrons. The highest BCUT2D eigenvalue weighted by Crippen LogP contribution is 2.43. The molecule has 72 heavy (non-hydrogen) atoms. The van der Waals surface area contributed by atoms with Crippen LogP contribution >= 0.6 is 7.82 Å². The van der Waals surface area contributed by atoms with Crippen LogP contribution in [0.4, 0.5) is 0 Å². The summed E-state index contributed by atoms with van der Waals surface area (Å²) in [5.74, 6) is -1.70. The van der Waals surface area contributed by atoms with Crippen LogP contribution in [0.1, 0.15) is 162 Å². The van der Waals surface area contributed by atoms with E-state index in [0.717, 1.165) is 96.3 Å². The lowest BCUT2D eigenvalue weighted by atomic mass is 10.2. The van der Waals surface area contributed by atoms with Gasteiger partial charge in [-0.1, -0.05) is 179 Å². The molecule has 0 heterocycles. The van der Waals surface area contributed by atoms with Gasteiger partial charge in [0.25, 0.3) is 0 Å². The van der Waals surface area contributed by atoms with Crippen molar-refractivity contribution in [2.75, 3.05) is 26.4 Å². The van der Waals surface area contributed by atoms with Crippen LogP contribution in [0.15, 0.2) is 158 Å². The van der Waals surface area contributed by atoms with Gasteiger partial charge in [-0.05, 0) is 122 Å². The topological polar surface area (TPSA) is 155 Å². The molecule has 11 nitrogen and oxygen atoms in total. The number of hydrogen-bond acceptors (Lipinski definition) is 10. The van der Waals surface area contributed by atoms with Gasteiger partial charge in [0.05, 0.1) is 19.8 Å². The second-order valence-corrected chi connectivity index (χ2v) is 18.0. The van der Waals surface area contributed by atoms with Crippen LogP contribution in [0.2, 0.25) is 0 Å². The highest BCUT2D eigenvalue weighted by molar-refractivity contribution is 7.47. The van der Waals surface area contributed by atoms with Crippen molar-refractivity contribution < 1.29 is 52.2 Å². The molecular weight excluding hydrogens is 928 g/mol. The summed E-state index contributed by atoms with van der Waals surface area (Å²) in [6, 6.07) is 0. The molecule has 0 aromatic rings. The van der Waals surface area contributed by atoms with Gasteiger partial charge in [-0.3, -0.25) is 23.4 Å². The summed E-state index contributed by atoms with van der Waals surface area (Å²) in [5, 5.41) is 9.77. The molecule has 0 aliphatic heterocycles. The Hall–Kier alpha value is -4.90. The molecule has 402 valence electrons. The average molecular weight is 1020 g/mol. The molecular formula is C60H91O11P. The molecule has 3 atom stereocenters. The number of phosphoric acid groups is 1. The normalized spacial score (nSPS) is 14.7. The number of unbranched alkanes of at least 4 members (excludes halogenated alkanes) is 3. The Kier molecular flexibility index (Phi) is 48.9. The maximum absolute atomic E-state index is 12.9. The Bertz CT molecular complexity index is 1810. The zero-order valence-corrected chi connectivity index (χ0v) is 45.0. The van der Waals surface area contributed by atoms with Crippen LogP contribution < -0.4 is 0 Å². The van der Waals surface area contributed by atoms with Crippen LogP contribution in [0.5, 0.6) is 0 Å². The van der Waals surface area contributed by atoms with Crippen LogP contribution in [0.3, 0.4) is 0 Å². The smallest absolute Gasteiger partial charge is 0.462 e. The van der Waals surface area contributed by atoms with E-state index in [-0.39, 0.29) is 19.3 Å². The van der Waals surface area contributed by atoms with E-state index in [4.69, 9.17) is 23.3 Å². The summed E-state index contributed by atoms with van der Waals surface area (Å²) >= 11 is 0. The van der Waals surface area contributed by atoms with Crippen molar-refractivity contribution in [1.82, 2.24) is 0 Å². The minimum Gasteiger partial charge on any atom is -0.462 e. The average Bonchev–Trinajstić information content (AvgIpc) is 3.37. The lowest BCUT2D eigenvalue weighted by molar-refractivity contribution is -0.161. The van der Waals surface area contributed by atoms with Crippen molar-refractivity contribution in [1.29, 1.82) is 0 Å². The van der Waals surface area contributed by atoms with Crippen molar-refractivity contribution in [2.24, 2.45) is 0 Å². The van der Waals surface area contributed by atoms with Crippen molar-refractivity contribution in [2.45, 2.75) is 174 Å². The number of ether oxygens (including phenoxy) is 3. The van der Waals surface area contributed by atoms with Gasteiger partial charge < -0.3 is 24.2 Å². The molecule has 0 aliphatic rings. The van der Waals surface area contributed by atoms with E-state index < -0.39 is 64.4 Å². The Morgan fingerprint density at radius 1 is 0.389 bits per heavy atom. The number of allylic oxidation sites excluding steroid dienone is 26. The molecule has 0 saturated carbocycles. The van der Waals surface area contributed by atoms with Gasteiger partial charge in [0.2, 0.25) is 0 Å². The molecule has 3 unspecified atom stereocenters. The fourth-order valence-electron chi connectivity index (χ4n) is 6.04. The van der Waals surface area contributed by atoms with Gasteiger partial charge in [0.1, 0.15) is 12.7 Å². The highest BCUT2D eigenvalue weighted by atomic mass is 31.2. The monoisotopic (exact) mass is 1020 g/mol. The number of hydrogen-bond donors (Lipinski definition) is 2. The summed E-state index contributed by atoms with van der Waals surface area (Å²) < 4.78 is 39.2. The Morgan fingerprint density at radius 3 is 1.11 bits per heavy atom. The van der Waals surface area contributed by atoms with Gasteiger partial charge in [-0.2, -0.15) is 0 Å². The Balaban J connectivity index is 4.98. The number of esters is 3. The Labute approximate surface area is 434 Å². The second kappa shape index (κ2) is 52.4. The van der Waals surface area contributed by atoms with E-state index in [1.807, 2.05) is 30.4 Å². The van der Waals surface area contributed by atoms with Crippen LogP contribution in [0.25, 0.3) is 0 Å². The van der Waals surface area contributed by atoms with Gasteiger partial charge in [0, 0.05) is 19.3 Å². The summed E-state index contributed by atoms with van der Waals surface area (Å²) in [5.41, 5.74) is 0. The predicted molar refractivity (Wildman–Crippen MR) is 297 cm³/mol. The van der Waals surface area contributed by atoms with E-state index in [1.165, 1.54) is 0 Å². The molecule has 0 aliphatic carbocycles. The molecule has 0 rings (SSSR count). The third kappa shape index (κ3) is 50.1. The van der Waals surface area contributed by atoms with Crippen molar-refractivity contribution in [3.05, 3.63) is 158 Å². The molecule has 0 fully saturated rings. The summed E-state index contributed by atoms with van der Waals surface area (Å²) in [6.07, 6.45) is 68.1. The maximum Gasteiger partial charge on any atom is 0.472 e. The van der Waals surface area contributed by atoms with E-state index in [0.29, 0.717) is 25.7 Å². The minimum atomic E-state index is -4.80. The molecule has 0 amide bonds. The first-order chi connectivity index (χ1) is 35.2. The lowest BCUT2D eigenvalue weighted by Gasteiger charge is -2.21. The minimum absolute atomic E-state index is 0.0393. The SMILES string of the molecule is CC/C=C\C/C=C\C/C=C\C/C=C\C/C=C\CCCC(=O)OCC(COP(=O)(O)OCC(CO)OC(=O)CC/C=C\C/C=C\C/C=C\C/C=C\CC)OC(=O)CCCC/C=C\C/C=C\C/C=C\C/C=C\CC. The molecule has 0 aromatic carbocycles. The summed E-state index contributed by atoms with van der Waals surface area (Å²) in [7, 11) is -4.80. The molecule has 0 aromatic heterocycles. The van der Waals surface area contributed by atoms with Crippen LogP contribution in [-0.2, 0) is 42.2 Å². The van der Waals surface area contributed by atoms with Crippen molar-refractivity contribution in [3.63, 3.8) is 0 Å². The Morgan fingerprint density at radius 2 is 0.708 bits per heavy atom. The molecule has 0 saturated heterocycles. The zero-order valence-electron chi connectivity index (χ0n) is 44.1. The quantitative estimate of drug-likeness (QED) is 0.0197. The van der Waals surface area contributed by atoms with Crippen LogP contribution in [0, 0.1) is 0 Å². The second-order valence-electron chi connectivity index (χ2n) is 16.5. The van der Waals surface area contributed by atoms with Gasteiger partial charge >= 0.3 is 25.7 Å². The first kappa shape index (κ1) is 67.1. The first-order valence-electron chi connectivity index (χ1n) is 26.4. The van der Waals surface area contributed by atoms with Crippen molar-refractivity contribution >= 4 is 25.7 Å². The van der Waals surface area contributed by atoms with E-state index in [2.05, 4.69) is 148 Å². The maximum atomic E-state index is 12.9. The standard InChI is InChI=1S/C60H91O11P/c1-4-7-10-13-16-19-22-25-27-28-30-32-34-37-40-43-46-49-58(62)67-53-57(71-60(64)51-48-45-42-39-36-33-29-26-23-20-17-14-11-8-5-2)55-69-72(65,66)68-54-56(52-61)70-59(63)50-47-44-41-38-35-31-24-21-18-15-12-9-6-3/h7-12,16-21,25-27,29-32,35-37,39-41,44,56-57,61H,4-6,13-15,22-24,28,33-34,38,42-43,45-55H2,1-3H3,(H,65,66)/b10-7-,11-8-,12-9-,19-16-,20-17-,21-18-,27-25-,29-26-,32-30-,35-31-,39-36-,40-37-,44-41-. The summed E-state index contributed by atoms with van der Waals surface area (Å²) in [6.45, 7) is 4.05. The summed E-state index contributed by atoms with van der Waals surface area (Å²) in [4.78, 5) is 48.3. The number of rotatable bonds is 46. The lowest BCUT2D eigenvalue weighted by Crippen LogP contribution is -2.30. The predicted octanol–water partition coefficient (Wildman–Crippen LogP) is 15.4. The largest absolute Gasteiger partial charge is 0.472 e. The van der Waals surface area contributed by atoms with Gasteiger partial charge in [-0.15, -0.1) is 0 Å². The third-order valence-electron chi connectivity index (χ3n) is 9.94. The van der Waals surface area contributed by atoms with E-state index in [9.17, 15) is 28.9 Å². The van der Waals surface area contributed by atoms with E-state index >= 15 is 0 Å². The van der Waals surface area contributed by atoms with Crippen LogP contribution in [-0.4, -0.2) is 66.5 Å². The number of carbonyl (C=O) groups excluding carboxylic acids is 3. The fraction of sp³-hybridized carbons (Fsp3) is 0.517. The molecule has 12 heteroatoms. The highest BCUT2D eigenvalue weighted by Gasteiger charge is 2.28. The number of aliphatic hydroxyl groups is 1. The third-order valence-corrected chi connectivity index (χ3v) is 10.9. The van der Waals surface area contributed by atoms with Crippen molar-refractivity contribution in [3.8, 4) is 0 Å². The number of carbonyl (C=O) groups is 3. The number of phosphoric ester groups is 1. The molecule has 2 N–H and O–H groups in total. The van der Waals surface area contributed by atoms with Gasteiger partial charge in [-0.25, -0.2) is 4.57 Å². The first-order valence-corrected chi connectivity index (χ1v) is 27.9.